The van der Waals surface area contributed by atoms with Crippen molar-refractivity contribution in [2.45, 2.75) is 19.9 Å². The molecular weight excluding hydrogens is 268 g/mol. The van der Waals surface area contributed by atoms with E-state index in [1.54, 1.807) is 48.5 Å². The summed E-state index contributed by atoms with van der Waals surface area (Å²) < 4.78 is 5.32. The molecule has 0 radical (unpaired) electrons. The van der Waals surface area contributed by atoms with E-state index < -0.39 is 0 Å². The van der Waals surface area contributed by atoms with Gasteiger partial charge in [-0.25, -0.2) is 0 Å². The third-order valence-electron chi connectivity index (χ3n) is 3.31. The Bertz CT molecular complexity index is 617. The molecule has 5 nitrogen and oxygen atoms in total. The van der Waals surface area contributed by atoms with Crippen LogP contribution in [0.25, 0.3) is 0 Å². The highest BCUT2D eigenvalue weighted by atomic mass is 16.3. The minimum absolute atomic E-state index is 0.103. The maximum absolute atomic E-state index is 12.4. The van der Waals surface area contributed by atoms with Crippen LogP contribution in [0.4, 0.5) is 5.69 Å². The number of carbonyl (C=O) groups excluding carboxylic acids is 2. The molecule has 5 heteroatoms. The van der Waals surface area contributed by atoms with Gasteiger partial charge in [0.05, 0.1) is 12.3 Å². The fraction of sp³-hybridized carbons (Fsp3) is 0.250. The van der Waals surface area contributed by atoms with Crippen molar-refractivity contribution in [1.82, 2.24) is 4.90 Å². The highest BCUT2D eigenvalue weighted by Gasteiger charge is 2.20. The van der Waals surface area contributed by atoms with Crippen molar-refractivity contribution >= 4 is 17.5 Å². The van der Waals surface area contributed by atoms with Crippen molar-refractivity contribution in [3.63, 3.8) is 0 Å². The molecule has 110 valence electrons. The maximum Gasteiger partial charge on any atom is 0.254 e. The molecule has 1 aromatic heterocycles. The first-order chi connectivity index (χ1) is 9.99. The molecule has 21 heavy (non-hydrogen) atoms. The quantitative estimate of drug-likeness (QED) is 0.939. The highest BCUT2D eigenvalue weighted by Crippen LogP contribution is 2.21. The summed E-state index contributed by atoms with van der Waals surface area (Å²) >= 11 is 0. The summed E-state index contributed by atoms with van der Waals surface area (Å²) in [7, 11) is 1.73. The van der Waals surface area contributed by atoms with Crippen molar-refractivity contribution in [1.29, 1.82) is 0 Å². The first-order valence-corrected chi connectivity index (χ1v) is 6.67. The fourth-order valence-corrected chi connectivity index (χ4v) is 2.00. The van der Waals surface area contributed by atoms with Crippen LogP contribution in [0, 0.1) is 0 Å². The van der Waals surface area contributed by atoms with E-state index in [0.717, 1.165) is 5.76 Å². The lowest BCUT2D eigenvalue weighted by Gasteiger charge is -2.23. The van der Waals surface area contributed by atoms with Gasteiger partial charge in [0.25, 0.3) is 5.91 Å². The molecule has 1 heterocycles. The molecule has 2 aromatic rings. The van der Waals surface area contributed by atoms with E-state index in [2.05, 4.69) is 5.32 Å². The van der Waals surface area contributed by atoms with Crippen LogP contribution in [-0.2, 0) is 4.79 Å². The lowest BCUT2D eigenvalue weighted by Crippen LogP contribution is -2.29. The Labute approximate surface area is 123 Å². The average Bonchev–Trinajstić information content (AvgIpc) is 2.99. The van der Waals surface area contributed by atoms with Gasteiger partial charge in [0.2, 0.25) is 5.91 Å². The zero-order valence-corrected chi connectivity index (χ0v) is 12.3. The first-order valence-electron chi connectivity index (χ1n) is 6.67. The molecule has 1 N–H and O–H groups in total. The standard InChI is InChI=1S/C16H18N2O3/c1-11(15-5-4-10-21-15)18(3)16(20)13-6-8-14(9-7-13)17-12(2)19/h4-11H,1-3H3,(H,17,19). The highest BCUT2D eigenvalue weighted by molar-refractivity contribution is 5.95. The van der Waals surface area contributed by atoms with Crippen LogP contribution < -0.4 is 5.32 Å². The Balaban J connectivity index is 2.10. The van der Waals surface area contributed by atoms with Gasteiger partial charge >= 0.3 is 0 Å². The van der Waals surface area contributed by atoms with Crippen molar-refractivity contribution in [2.75, 3.05) is 12.4 Å². The van der Waals surface area contributed by atoms with Gasteiger partial charge in [-0.15, -0.1) is 0 Å². The molecule has 1 unspecified atom stereocenters. The zero-order chi connectivity index (χ0) is 15.4. The summed E-state index contributed by atoms with van der Waals surface area (Å²) in [5.74, 6) is 0.492. The van der Waals surface area contributed by atoms with Crippen LogP contribution in [0.3, 0.4) is 0 Å². The predicted molar refractivity (Wildman–Crippen MR) is 80.0 cm³/mol. The van der Waals surface area contributed by atoms with E-state index >= 15 is 0 Å². The number of anilines is 1. The van der Waals surface area contributed by atoms with Crippen molar-refractivity contribution in [2.24, 2.45) is 0 Å². The number of furan rings is 1. The first kappa shape index (κ1) is 14.8. The van der Waals surface area contributed by atoms with Gasteiger partial charge in [-0.2, -0.15) is 0 Å². The fourth-order valence-electron chi connectivity index (χ4n) is 2.00. The second-order valence-corrected chi connectivity index (χ2v) is 4.87. The van der Waals surface area contributed by atoms with E-state index in [9.17, 15) is 9.59 Å². The summed E-state index contributed by atoms with van der Waals surface area (Å²) in [5, 5.41) is 2.67. The van der Waals surface area contributed by atoms with Gasteiger partial charge < -0.3 is 14.6 Å². The molecule has 0 aliphatic carbocycles. The molecule has 0 fully saturated rings. The molecule has 2 rings (SSSR count). The Morgan fingerprint density at radius 1 is 1.19 bits per heavy atom. The molecular formula is C16H18N2O3. The third-order valence-corrected chi connectivity index (χ3v) is 3.31. The third kappa shape index (κ3) is 3.51. The van der Waals surface area contributed by atoms with Gasteiger partial charge in [-0.05, 0) is 43.3 Å². The zero-order valence-electron chi connectivity index (χ0n) is 12.3. The topological polar surface area (TPSA) is 62.6 Å². The summed E-state index contributed by atoms with van der Waals surface area (Å²) in [5.41, 5.74) is 1.23. The second kappa shape index (κ2) is 6.26. The monoisotopic (exact) mass is 286 g/mol. The molecule has 0 aliphatic rings. The molecule has 1 aromatic carbocycles. The lowest BCUT2D eigenvalue weighted by atomic mass is 10.1. The number of hydrogen-bond acceptors (Lipinski definition) is 3. The van der Waals surface area contributed by atoms with E-state index in [1.807, 2.05) is 13.0 Å². The van der Waals surface area contributed by atoms with E-state index in [1.165, 1.54) is 6.92 Å². The Hall–Kier alpha value is -2.56. The summed E-state index contributed by atoms with van der Waals surface area (Å²) in [4.78, 5) is 25.0. The number of carbonyl (C=O) groups is 2. The summed E-state index contributed by atoms with van der Waals surface area (Å²) in [6.45, 7) is 3.35. The van der Waals surface area contributed by atoms with Crippen LogP contribution in [0.5, 0.6) is 0 Å². The van der Waals surface area contributed by atoms with Crippen LogP contribution in [0.2, 0.25) is 0 Å². The van der Waals surface area contributed by atoms with E-state index in [-0.39, 0.29) is 17.9 Å². The molecule has 0 spiro atoms. The van der Waals surface area contributed by atoms with E-state index in [0.29, 0.717) is 11.3 Å². The summed E-state index contributed by atoms with van der Waals surface area (Å²) in [6, 6.07) is 10.3. The SMILES string of the molecule is CC(=O)Nc1ccc(C(=O)N(C)C(C)c2ccco2)cc1. The predicted octanol–water partition coefficient (Wildman–Crippen LogP) is 3.07. The number of amides is 2. The Kier molecular flexibility index (Phi) is 4.42. The van der Waals surface area contributed by atoms with Gasteiger partial charge in [-0.3, -0.25) is 9.59 Å². The van der Waals surface area contributed by atoms with Crippen molar-refractivity contribution in [3.8, 4) is 0 Å². The molecule has 0 saturated carbocycles. The van der Waals surface area contributed by atoms with Gasteiger partial charge in [0, 0.05) is 25.2 Å². The minimum Gasteiger partial charge on any atom is -0.467 e. The van der Waals surface area contributed by atoms with E-state index in [4.69, 9.17) is 4.42 Å². The Morgan fingerprint density at radius 3 is 2.38 bits per heavy atom. The minimum atomic E-state index is -0.150. The van der Waals surface area contributed by atoms with Gasteiger partial charge in [-0.1, -0.05) is 0 Å². The van der Waals surface area contributed by atoms with Crippen LogP contribution in [0.15, 0.2) is 47.1 Å². The molecule has 0 saturated heterocycles. The van der Waals surface area contributed by atoms with Crippen LogP contribution in [-0.4, -0.2) is 23.8 Å². The van der Waals surface area contributed by atoms with Gasteiger partial charge in [0.15, 0.2) is 0 Å². The molecule has 0 aliphatic heterocycles. The summed E-state index contributed by atoms with van der Waals surface area (Å²) in [6.07, 6.45) is 1.59. The smallest absolute Gasteiger partial charge is 0.254 e. The Morgan fingerprint density at radius 2 is 1.86 bits per heavy atom. The molecule has 0 bridgehead atoms. The van der Waals surface area contributed by atoms with Crippen molar-refractivity contribution < 1.29 is 14.0 Å². The second-order valence-electron chi connectivity index (χ2n) is 4.87. The molecule has 2 amide bonds. The number of nitrogens with zero attached hydrogens (tertiary/aromatic N) is 1. The normalized spacial score (nSPS) is 11.8. The number of hydrogen-bond donors (Lipinski definition) is 1. The maximum atomic E-state index is 12.4. The number of benzene rings is 1. The molecule has 1 atom stereocenters. The lowest BCUT2D eigenvalue weighted by molar-refractivity contribution is -0.114. The van der Waals surface area contributed by atoms with Gasteiger partial charge in [0.1, 0.15) is 5.76 Å². The van der Waals surface area contributed by atoms with Crippen molar-refractivity contribution in [3.05, 3.63) is 54.0 Å². The number of nitrogens with one attached hydrogen (secondary N) is 1. The number of rotatable bonds is 4. The van der Waals surface area contributed by atoms with Crippen LogP contribution >= 0.6 is 0 Å². The van der Waals surface area contributed by atoms with Crippen LogP contribution in [0.1, 0.15) is 36.0 Å². The largest absolute Gasteiger partial charge is 0.467 e. The average molecular weight is 286 g/mol.